The number of rotatable bonds is 24. The summed E-state index contributed by atoms with van der Waals surface area (Å²) in [5, 5.41) is 0. The topological polar surface area (TPSA) is 78.9 Å². The van der Waals surface area contributed by atoms with Crippen molar-refractivity contribution in [3.63, 3.8) is 0 Å². The highest BCUT2D eigenvalue weighted by atomic mass is 31.1. The Bertz CT molecular complexity index is 1070. The van der Waals surface area contributed by atoms with Crippen molar-refractivity contribution in [2.24, 2.45) is 5.92 Å². The summed E-state index contributed by atoms with van der Waals surface area (Å²) in [6, 6.07) is 0. The highest BCUT2D eigenvalue weighted by molar-refractivity contribution is 7.25. The lowest BCUT2D eigenvalue weighted by Crippen LogP contribution is -2.24. The summed E-state index contributed by atoms with van der Waals surface area (Å²) >= 11 is 0. The molecule has 0 saturated heterocycles. The molecule has 0 N–H and O–H groups in total. The van der Waals surface area contributed by atoms with E-state index in [1.165, 1.54) is 6.08 Å². The maximum atomic E-state index is 12.8. The molecule has 9 heteroatoms. The molecule has 0 aliphatic carbocycles. The Morgan fingerprint density at radius 2 is 1.64 bits per heavy atom. The molecule has 0 fully saturated rings. The van der Waals surface area contributed by atoms with Crippen LogP contribution in [0, 0.1) is 5.92 Å². The van der Waals surface area contributed by atoms with Gasteiger partial charge in [-0.05, 0) is 65.9 Å². The lowest BCUT2D eigenvalue weighted by molar-refractivity contribution is -0.144. The molecule has 0 amide bonds. The Kier molecular flexibility index (Phi) is 25.0. The van der Waals surface area contributed by atoms with Gasteiger partial charge >= 0.3 is 5.97 Å². The van der Waals surface area contributed by atoms with Crippen LogP contribution in [0.3, 0.4) is 0 Å². The zero-order valence-electron chi connectivity index (χ0n) is 27.2. The van der Waals surface area contributed by atoms with Crippen LogP contribution in [0.5, 0.6) is 0 Å². The van der Waals surface area contributed by atoms with Crippen LogP contribution in [0.15, 0.2) is 96.7 Å². The minimum Gasteiger partial charge on any atom is -0.458 e. The third-order valence-corrected chi connectivity index (χ3v) is 8.14. The first-order valence-corrected chi connectivity index (χ1v) is 16.8. The molecule has 0 aromatic rings. The van der Waals surface area contributed by atoms with Gasteiger partial charge in [0.05, 0.1) is 17.9 Å². The first-order valence-electron chi connectivity index (χ1n) is 15.0. The fraction of sp³-hybridized carbons (Fsp3) is 0.486. The van der Waals surface area contributed by atoms with Crippen LogP contribution in [0.2, 0.25) is 0 Å². The fourth-order valence-electron chi connectivity index (χ4n) is 4.26. The monoisotopic (exact) mass is 662 g/mol. The lowest BCUT2D eigenvalue weighted by Gasteiger charge is -2.22. The SMILES string of the molecule is C=C[C@@H](CCC/C=C/C(=O)O[C@H](C/C(C)=C/C=C/CC[C@@H](OP)[C@@H](C=C)P=O)[C@H](C)/C=C(C)/C=C/CC(=O)C=C(C)C)OP. The average molecular weight is 663 g/mol. The lowest BCUT2D eigenvalue weighted by atomic mass is 9.95. The number of esters is 1. The Morgan fingerprint density at radius 3 is 2.23 bits per heavy atom. The third kappa shape index (κ3) is 20.8. The quantitative estimate of drug-likeness (QED) is 0.0256. The maximum Gasteiger partial charge on any atom is 0.330 e. The second-order valence-electron chi connectivity index (χ2n) is 11.0. The Labute approximate surface area is 272 Å². The van der Waals surface area contributed by atoms with E-state index in [9.17, 15) is 14.2 Å². The Balaban J connectivity index is 5.49. The van der Waals surface area contributed by atoms with Gasteiger partial charge in [-0.15, -0.1) is 13.2 Å². The van der Waals surface area contributed by atoms with E-state index in [0.717, 1.165) is 42.4 Å². The largest absolute Gasteiger partial charge is 0.458 e. The van der Waals surface area contributed by atoms with Gasteiger partial charge in [0.1, 0.15) is 6.10 Å². The van der Waals surface area contributed by atoms with Crippen LogP contribution in [0.1, 0.15) is 79.6 Å². The van der Waals surface area contributed by atoms with Gasteiger partial charge in [0.2, 0.25) is 0 Å². The van der Waals surface area contributed by atoms with E-state index >= 15 is 0 Å². The predicted molar refractivity (Wildman–Crippen MR) is 192 cm³/mol. The van der Waals surface area contributed by atoms with E-state index in [1.807, 2.05) is 71.1 Å². The minimum atomic E-state index is -0.375. The van der Waals surface area contributed by atoms with Gasteiger partial charge in [-0.3, -0.25) is 9.36 Å². The van der Waals surface area contributed by atoms with E-state index in [4.69, 9.17) is 13.8 Å². The molecule has 0 heterocycles. The Morgan fingerprint density at radius 1 is 0.909 bits per heavy atom. The molecule has 0 spiro atoms. The molecule has 6 nitrogen and oxygen atoms in total. The summed E-state index contributed by atoms with van der Waals surface area (Å²) in [6.07, 6.45) is 24.5. The van der Waals surface area contributed by atoms with Crippen molar-refractivity contribution in [1.82, 2.24) is 0 Å². The van der Waals surface area contributed by atoms with Gasteiger partial charge in [0, 0.05) is 43.8 Å². The van der Waals surface area contributed by atoms with Crippen LogP contribution in [0.25, 0.3) is 0 Å². The smallest absolute Gasteiger partial charge is 0.330 e. The van der Waals surface area contributed by atoms with Gasteiger partial charge in [-0.2, -0.15) is 0 Å². The van der Waals surface area contributed by atoms with Crippen molar-refractivity contribution < 1.29 is 27.9 Å². The first kappa shape index (κ1) is 41.9. The number of carbonyl (C=O) groups excluding carboxylic acids is 2. The van der Waals surface area contributed by atoms with Crippen LogP contribution in [-0.2, 0) is 27.9 Å². The molecule has 0 aromatic heterocycles. The molecule has 0 aliphatic heterocycles. The second-order valence-corrected chi connectivity index (χ2v) is 12.4. The van der Waals surface area contributed by atoms with Crippen LogP contribution in [0.4, 0.5) is 0 Å². The molecule has 0 saturated carbocycles. The molecule has 7 atom stereocenters. The van der Waals surface area contributed by atoms with Crippen LogP contribution >= 0.6 is 27.4 Å². The van der Waals surface area contributed by atoms with Crippen molar-refractivity contribution in [3.8, 4) is 0 Å². The number of ketones is 1. The highest BCUT2D eigenvalue weighted by Crippen LogP contribution is 2.23. The summed E-state index contributed by atoms with van der Waals surface area (Å²) in [6.45, 7) is 17.3. The molecule has 2 unspecified atom stereocenters. The van der Waals surface area contributed by atoms with Crippen molar-refractivity contribution in [1.29, 1.82) is 0 Å². The number of hydrogen-bond donors (Lipinski definition) is 0. The molecule has 0 bridgehead atoms. The van der Waals surface area contributed by atoms with E-state index in [2.05, 4.69) is 38.2 Å². The zero-order valence-corrected chi connectivity index (χ0v) is 30.4. The zero-order chi connectivity index (χ0) is 33.3. The second kappa shape index (κ2) is 26.2. The highest BCUT2D eigenvalue weighted by Gasteiger charge is 2.20. The molecule has 244 valence electrons. The predicted octanol–water partition coefficient (Wildman–Crippen LogP) is 9.74. The van der Waals surface area contributed by atoms with E-state index in [0.29, 0.717) is 19.3 Å². The van der Waals surface area contributed by atoms with Gasteiger partial charge < -0.3 is 13.8 Å². The van der Waals surface area contributed by atoms with Crippen molar-refractivity contribution >= 4 is 39.1 Å². The van der Waals surface area contributed by atoms with Gasteiger partial charge in [-0.1, -0.05) is 78.3 Å². The van der Waals surface area contributed by atoms with Crippen LogP contribution < -0.4 is 0 Å². The van der Waals surface area contributed by atoms with Gasteiger partial charge in [0.15, 0.2) is 14.2 Å². The van der Waals surface area contributed by atoms with E-state index < -0.39 is 0 Å². The number of allylic oxidation sites excluding steroid dienone is 9. The van der Waals surface area contributed by atoms with Crippen molar-refractivity contribution in [3.05, 3.63) is 96.7 Å². The number of ether oxygens (including phenoxy) is 1. The number of carbonyl (C=O) groups is 2. The molecule has 44 heavy (non-hydrogen) atoms. The summed E-state index contributed by atoms with van der Waals surface area (Å²) in [5.41, 5.74) is 2.80. The van der Waals surface area contributed by atoms with Gasteiger partial charge in [0.25, 0.3) is 0 Å². The number of unbranched alkanes of at least 4 members (excludes halogenated alkanes) is 1. The van der Waals surface area contributed by atoms with E-state index in [-0.39, 0.29) is 50.1 Å². The molecule has 0 aliphatic rings. The van der Waals surface area contributed by atoms with Gasteiger partial charge in [-0.25, -0.2) is 4.79 Å². The third-order valence-electron chi connectivity index (χ3n) is 6.66. The number of hydrogen-bond acceptors (Lipinski definition) is 6. The van der Waals surface area contributed by atoms with E-state index in [1.54, 1.807) is 18.2 Å². The molecule has 0 aromatic carbocycles. The van der Waals surface area contributed by atoms with Crippen molar-refractivity contribution in [2.75, 3.05) is 0 Å². The fourth-order valence-corrected chi connectivity index (χ4v) is 5.38. The molecular weight excluding hydrogens is 609 g/mol. The minimum absolute atomic E-state index is 0.00619. The summed E-state index contributed by atoms with van der Waals surface area (Å²) in [4.78, 5) is 24.7. The molecular formula is C35H53O6P3. The van der Waals surface area contributed by atoms with Crippen molar-refractivity contribution in [2.45, 2.75) is 104 Å². The Hall–Kier alpha value is -2.06. The summed E-state index contributed by atoms with van der Waals surface area (Å²) in [7, 11) is 4.49. The van der Waals surface area contributed by atoms with Crippen LogP contribution in [-0.4, -0.2) is 35.7 Å². The normalized spacial score (nSPS) is 16.2. The summed E-state index contributed by atoms with van der Waals surface area (Å²) < 4.78 is 27.8. The summed E-state index contributed by atoms with van der Waals surface area (Å²) in [5.74, 6) is -0.371. The standard InChI is InChI=1S/C35H53O6P3/c1-8-31(40-42)20-13-11-15-22-35(37)39-33(29(7)24-27(5)18-16-19-30(36)23-26(3)4)25-28(6)17-12-10-14-21-32(41-43)34(9-2)44-38/h8-10,12,15-18,22-24,29,31-34H,1-2,11,13-14,19-21,25,42-43H2,3-7H3/b12-10+,18-16+,22-15+,27-24+,28-17+/t29-,31+,32-,33-,34-/m1/s1. The molecule has 0 rings (SSSR count). The molecule has 0 radical (unpaired) electrons. The first-order chi connectivity index (χ1) is 21.0. The average Bonchev–Trinajstić information content (AvgIpc) is 2.97. The maximum absolute atomic E-state index is 12.8.